The first kappa shape index (κ1) is 18.5. The van der Waals surface area contributed by atoms with E-state index in [1.165, 1.54) is 5.56 Å². The number of ether oxygens (including phenoxy) is 1. The molecule has 4 heteroatoms. The molecular formula is C21H24N2O2. The maximum absolute atomic E-state index is 11.8. The first-order valence-electron chi connectivity index (χ1n) is 8.33. The van der Waals surface area contributed by atoms with Gasteiger partial charge in [-0.3, -0.25) is 4.79 Å². The number of rotatable bonds is 7. The van der Waals surface area contributed by atoms with Crippen molar-refractivity contribution in [3.05, 3.63) is 71.8 Å². The normalized spacial score (nSPS) is 11.8. The van der Waals surface area contributed by atoms with Gasteiger partial charge in [0.1, 0.15) is 5.75 Å². The number of nitrogens with one attached hydrogen (secondary N) is 1. The van der Waals surface area contributed by atoms with E-state index >= 15 is 0 Å². The van der Waals surface area contributed by atoms with Gasteiger partial charge in [-0.1, -0.05) is 62.4 Å². The molecule has 2 rings (SSSR count). The van der Waals surface area contributed by atoms with Crippen LogP contribution in [0.4, 0.5) is 0 Å². The van der Waals surface area contributed by atoms with E-state index < -0.39 is 0 Å². The van der Waals surface area contributed by atoms with Crippen molar-refractivity contribution in [1.29, 1.82) is 0 Å². The van der Waals surface area contributed by atoms with Crippen molar-refractivity contribution in [2.45, 2.75) is 26.7 Å². The second-order valence-corrected chi connectivity index (χ2v) is 6.04. The van der Waals surface area contributed by atoms with Gasteiger partial charge in [0.25, 0.3) is 5.91 Å². The predicted octanol–water partition coefficient (Wildman–Crippen LogP) is 4.39. The minimum atomic E-state index is -0.291. The monoisotopic (exact) mass is 336 g/mol. The van der Waals surface area contributed by atoms with Crippen LogP contribution in [0.2, 0.25) is 0 Å². The molecule has 0 aliphatic rings. The van der Waals surface area contributed by atoms with E-state index in [9.17, 15) is 4.79 Å². The van der Waals surface area contributed by atoms with E-state index in [1.807, 2.05) is 73.7 Å². The summed E-state index contributed by atoms with van der Waals surface area (Å²) in [6, 6.07) is 17.7. The number of carbonyl (C=O) groups is 1. The Kier molecular flexibility index (Phi) is 6.96. The molecule has 0 saturated carbocycles. The summed E-state index contributed by atoms with van der Waals surface area (Å²) in [5, 5.41) is 4.04. The molecule has 2 aromatic rings. The molecule has 0 unspecified atom stereocenters. The summed E-state index contributed by atoms with van der Waals surface area (Å²) in [6.45, 7) is 6.02. The molecule has 0 spiro atoms. The van der Waals surface area contributed by atoms with Crippen molar-refractivity contribution < 1.29 is 9.53 Å². The molecule has 25 heavy (non-hydrogen) atoms. The highest BCUT2D eigenvalue weighted by molar-refractivity contribution is 5.97. The Morgan fingerprint density at radius 1 is 1.12 bits per heavy atom. The van der Waals surface area contributed by atoms with Crippen LogP contribution in [0.5, 0.6) is 5.75 Å². The third-order valence-electron chi connectivity index (χ3n) is 3.59. The van der Waals surface area contributed by atoms with Crippen LogP contribution in [0.3, 0.4) is 0 Å². The Morgan fingerprint density at radius 2 is 1.80 bits per heavy atom. The van der Waals surface area contributed by atoms with Crippen LogP contribution >= 0.6 is 0 Å². The fraction of sp³-hybridized carbons (Fsp3) is 0.238. The molecule has 0 aromatic heterocycles. The van der Waals surface area contributed by atoms with Crippen LogP contribution in [-0.2, 0) is 4.79 Å². The summed E-state index contributed by atoms with van der Waals surface area (Å²) in [4.78, 5) is 11.8. The molecule has 2 aromatic carbocycles. The Morgan fingerprint density at radius 3 is 2.44 bits per heavy atom. The standard InChI is InChI=1S/C21H24N2O2/c1-16(2)19-11-13-20(14-12-19)25-15-21(24)23-22-17(3)9-10-18-7-5-4-6-8-18/h4-14,16H,15H2,1-3H3,(H,23,24)/b10-9+,22-17+. The van der Waals surface area contributed by atoms with Crippen LogP contribution in [-0.4, -0.2) is 18.2 Å². The summed E-state index contributed by atoms with van der Waals surface area (Å²) in [7, 11) is 0. The zero-order chi connectivity index (χ0) is 18.1. The molecule has 4 nitrogen and oxygen atoms in total. The highest BCUT2D eigenvalue weighted by Gasteiger charge is 2.03. The smallest absolute Gasteiger partial charge is 0.277 e. The summed E-state index contributed by atoms with van der Waals surface area (Å²) >= 11 is 0. The van der Waals surface area contributed by atoms with E-state index in [-0.39, 0.29) is 12.5 Å². The lowest BCUT2D eigenvalue weighted by Gasteiger charge is -2.08. The fourth-order valence-corrected chi connectivity index (χ4v) is 2.10. The second-order valence-electron chi connectivity index (χ2n) is 6.04. The van der Waals surface area contributed by atoms with E-state index in [4.69, 9.17) is 4.74 Å². The van der Waals surface area contributed by atoms with Crippen molar-refractivity contribution >= 4 is 17.7 Å². The molecule has 1 N–H and O–H groups in total. The highest BCUT2D eigenvalue weighted by Crippen LogP contribution is 2.18. The van der Waals surface area contributed by atoms with Crippen molar-refractivity contribution in [3.63, 3.8) is 0 Å². The van der Waals surface area contributed by atoms with Crippen molar-refractivity contribution in [2.75, 3.05) is 6.61 Å². The van der Waals surface area contributed by atoms with Crippen molar-refractivity contribution in [2.24, 2.45) is 5.10 Å². The number of allylic oxidation sites excluding steroid dienone is 1. The lowest BCUT2D eigenvalue weighted by Crippen LogP contribution is -2.25. The zero-order valence-electron chi connectivity index (χ0n) is 14.9. The number of nitrogens with zero attached hydrogens (tertiary/aromatic N) is 1. The van der Waals surface area contributed by atoms with Gasteiger partial charge in [0, 0.05) is 0 Å². The van der Waals surface area contributed by atoms with Gasteiger partial charge in [0.2, 0.25) is 0 Å². The molecule has 0 bridgehead atoms. The second kappa shape index (κ2) is 9.42. The van der Waals surface area contributed by atoms with E-state index in [0.29, 0.717) is 17.4 Å². The Labute approximate surface area is 149 Å². The fourth-order valence-electron chi connectivity index (χ4n) is 2.10. The lowest BCUT2D eigenvalue weighted by molar-refractivity contribution is -0.123. The Bertz CT molecular complexity index is 732. The molecule has 1 amide bonds. The third-order valence-corrected chi connectivity index (χ3v) is 3.59. The SMILES string of the molecule is CC(/C=C/c1ccccc1)=N\NC(=O)COc1ccc(C(C)C)cc1. The third kappa shape index (κ3) is 6.63. The first-order valence-corrected chi connectivity index (χ1v) is 8.33. The maximum atomic E-state index is 11.8. The summed E-state index contributed by atoms with van der Waals surface area (Å²) in [5.74, 6) is 0.850. The number of hydrogen-bond acceptors (Lipinski definition) is 3. The molecule has 0 radical (unpaired) electrons. The van der Waals surface area contributed by atoms with Crippen LogP contribution in [0.25, 0.3) is 6.08 Å². The summed E-state index contributed by atoms with van der Waals surface area (Å²) < 4.78 is 5.46. The van der Waals surface area contributed by atoms with Crippen LogP contribution < -0.4 is 10.2 Å². The zero-order valence-corrected chi connectivity index (χ0v) is 14.9. The average Bonchev–Trinajstić information content (AvgIpc) is 2.64. The van der Waals surface area contributed by atoms with Gasteiger partial charge in [-0.25, -0.2) is 5.43 Å². The van der Waals surface area contributed by atoms with Gasteiger partial charge in [-0.2, -0.15) is 5.10 Å². The first-order chi connectivity index (χ1) is 12.0. The molecule has 0 fully saturated rings. The predicted molar refractivity (Wildman–Crippen MR) is 103 cm³/mol. The highest BCUT2D eigenvalue weighted by atomic mass is 16.5. The molecule has 0 heterocycles. The van der Waals surface area contributed by atoms with Crippen LogP contribution in [0.1, 0.15) is 37.8 Å². The Hall–Kier alpha value is -2.88. The average molecular weight is 336 g/mol. The molecule has 0 aliphatic carbocycles. The molecule has 130 valence electrons. The number of carbonyl (C=O) groups excluding carboxylic acids is 1. The van der Waals surface area contributed by atoms with Gasteiger partial charge in [0.15, 0.2) is 6.61 Å². The van der Waals surface area contributed by atoms with Crippen molar-refractivity contribution in [1.82, 2.24) is 5.43 Å². The van der Waals surface area contributed by atoms with Crippen LogP contribution in [0.15, 0.2) is 65.8 Å². The molecule has 0 saturated heterocycles. The van der Waals surface area contributed by atoms with Gasteiger partial charge in [-0.05, 0) is 42.2 Å². The summed E-state index contributed by atoms with van der Waals surface area (Å²) in [5.41, 5.74) is 5.52. The maximum Gasteiger partial charge on any atom is 0.277 e. The number of amides is 1. The van der Waals surface area contributed by atoms with E-state index in [1.54, 1.807) is 0 Å². The van der Waals surface area contributed by atoms with Gasteiger partial charge in [-0.15, -0.1) is 0 Å². The van der Waals surface area contributed by atoms with Crippen LogP contribution in [0, 0.1) is 0 Å². The van der Waals surface area contributed by atoms with Gasteiger partial charge < -0.3 is 4.74 Å². The van der Waals surface area contributed by atoms with Gasteiger partial charge >= 0.3 is 0 Å². The number of hydrazone groups is 1. The quantitative estimate of drug-likeness (QED) is 0.602. The molecule has 0 atom stereocenters. The molecule has 0 aliphatic heterocycles. The van der Waals surface area contributed by atoms with E-state index in [2.05, 4.69) is 24.4 Å². The number of hydrogen-bond donors (Lipinski definition) is 1. The number of benzene rings is 2. The van der Waals surface area contributed by atoms with Gasteiger partial charge in [0.05, 0.1) is 5.71 Å². The largest absolute Gasteiger partial charge is 0.484 e. The topological polar surface area (TPSA) is 50.7 Å². The lowest BCUT2D eigenvalue weighted by atomic mass is 10.0. The minimum absolute atomic E-state index is 0.0692. The van der Waals surface area contributed by atoms with Crippen molar-refractivity contribution in [3.8, 4) is 5.75 Å². The minimum Gasteiger partial charge on any atom is -0.484 e. The Balaban J connectivity index is 1.78. The van der Waals surface area contributed by atoms with E-state index in [0.717, 1.165) is 5.56 Å². The molecular weight excluding hydrogens is 312 g/mol. The summed E-state index contributed by atoms with van der Waals surface area (Å²) in [6.07, 6.45) is 3.79.